The smallest absolute Gasteiger partial charge is 0.127 e. The molecular formula is C19H19IrN3-2. The van der Waals surface area contributed by atoms with Crippen LogP contribution >= 0.6 is 0 Å². The van der Waals surface area contributed by atoms with Gasteiger partial charge in [0.2, 0.25) is 0 Å². The molecule has 2 heterocycles. The summed E-state index contributed by atoms with van der Waals surface area (Å²) >= 11 is 0. The van der Waals surface area contributed by atoms with E-state index in [4.69, 9.17) is 5.10 Å². The van der Waals surface area contributed by atoms with Crippen LogP contribution in [0, 0.1) is 18.2 Å². The molecule has 2 aromatic carbocycles. The molecule has 0 fully saturated rings. The van der Waals surface area contributed by atoms with E-state index in [9.17, 15) is 0 Å². The van der Waals surface area contributed by atoms with Crippen LogP contribution in [-0.4, -0.2) is 17.4 Å². The molecule has 0 spiro atoms. The molecule has 0 N–H and O–H groups in total. The molecule has 0 aromatic heterocycles. The molecule has 3 nitrogen and oxygen atoms in total. The Balaban J connectivity index is 0.00000156. The second-order valence-electron chi connectivity index (χ2n) is 7.05. The molecule has 0 bridgehead atoms. The van der Waals surface area contributed by atoms with Gasteiger partial charge in [-0.2, -0.15) is 29.4 Å². The van der Waals surface area contributed by atoms with Crippen molar-refractivity contribution < 1.29 is 20.1 Å². The standard InChI is InChI=1S/C19H19N3.Ir/c1-19(2,3)12-21-13-22-17-11-7-6-9-15(17)14-8-4-5-10-16(14)18(22)20-21;/h4-10,13H,12H2,1-3H3;/q-2;. The van der Waals surface area contributed by atoms with Crippen molar-refractivity contribution in [1.29, 1.82) is 0 Å². The zero-order valence-electron chi connectivity index (χ0n) is 13.5. The molecule has 0 amide bonds. The Morgan fingerprint density at radius 3 is 2.48 bits per heavy atom. The van der Waals surface area contributed by atoms with Crippen LogP contribution in [0.2, 0.25) is 0 Å². The molecule has 2 aliphatic rings. The molecule has 121 valence electrons. The van der Waals surface area contributed by atoms with Crippen LogP contribution in [-0.2, 0) is 20.1 Å². The summed E-state index contributed by atoms with van der Waals surface area (Å²) in [5, 5.41) is 6.88. The second-order valence-corrected chi connectivity index (χ2v) is 7.05. The van der Waals surface area contributed by atoms with Crippen LogP contribution in [0.15, 0.2) is 47.6 Å². The molecule has 1 radical (unpaired) electrons. The third kappa shape index (κ3) is 2.82. The quantitative estimate of drug-likeness (QED) is 0.571. The van der Waals surface area contributed by atoms with Gasteiger partial charge in [-0.3, -0.25) is 0 Å². The van der Waals surface area contributed by atoms with Crippen molar-refractivity contribution in [3.8, 4) is 11.1 Å². The topological polar surface area (TPSA) is 18.8 Å². The van der Waals surface area contributed by atoms with E-state index >= 15 is 0 Å². The van der Waals surface area contributed by atoms with E-state index in [0.717, 1.165) is 18.1 Å². The normalized spacial score (nSPS) is 15.3. The monoisotopic (exact) mass is 482 g/mol. The molecule has 0 saturated carbocycles. The molecule has 0 saturated heterocycles. The fourth-order valence-electron chi connectivity index (χ4n) is 3.05. The van der Waals surface area contributed by atoms with E-state index in [1.165, 1.54) is 16.7 Å². The summed E-state index contributed by atoms with van der Waals surface area (Å²) in [5.74, 6) is 0.995. The average molecular weight is 482 g/mol. The first-order valence-electron chi connectivity index (χ1n) is 7.63. The van der Waals surface area contributed by atoms with Gasteiger partial charge in [0.15, 0.2) is 0 Å². The van der Waals surface area contributed by atoms with E-state index in [0.29, 0.717) is 0 Å². The summed E-state index contributed by atoms with van der Waals surface area (Å²) in [6.45, 7) is 9.66. The SMILES string of the molecule is CC(C)(C)CN1[CH-]N2C(=N1)c1ccccc1-c1ccc[c-]c12.[Ir]. The van der Waals surface area contributed by atoms with Crippen molar-refractivity contribution >= 4 is 11.5 Å². The summed E-state index contributed by atoms with van der Waals surface area (Å²) < 4.78 is 0. The first-order valence-corrected chi connectivity index (χ1v) is 7.63. The maximum absolute atomic E-state index is 4.84. The number of benzene rings is 2. The fourth-order valence-corrected chi connectivity index (χ4v) is 3.05. The zero-order chi connectivity index (χ0) is 15.3. The summed E-state index contributed by atoms with van der Waals surface area (Å²) in [5.41, 5.74) is 4.90. The molecule has 0 atom stereocenters. The van der Waals surface area contributed by atoms with Gasteiger partial charge in [-0.15, -0.1) is 12.2 Å². The molecule has 4 rings (SSSR count). The van der Waals surface area contributed by atoms with Crippen molar-refractivity contribution in [2.24, 2.45) is 10.5 Å². The van der Waals surface area contributed by atoms with Gasteiger partial charge in [0.25, 0.3) is 0 Å². The minimum Gasteiger partial charge on any atom is -0.476 e. The Morgan fingerprint density at radius 1 is 1.04 bits per heavy atom. The third-order valence-corrected chi connectivity index (χ3v) is 3.87. The van der Waals surface area contributed by atoms with E-state index in [1.54, 1.807) is 0 Å². The predicted octanol–water partition coefficient (Wildman–Crippen LogP) is 4.11. The predicted molar refractivity (Wildman–Crippen MR) is 90.2 cm³/mol. The number of anilines is 1. The Labute approximate surface area is 151 Å². The molecule has 0 unspecified atom stereocenters. The van der Waals surface area contributed by atoms with Crippen LogP contribution in [0.5, 0.6) is 0 Å². The van der Waals surface area contributed by atoms with Crippen molar-refractivity contribution in [2.75, 3.05) is 11.4 Å². The van der Waals surface area contributed by atoms with Crippen LogP contribution in [0.3, 0.4) is 0 Å². The Kier molecular flexibility index (Phi) is 4.07. The molecule has 23 heavy (non-hydrogen) atoms. The molecule has 0 aliphatic carbocycles. The number of rotatable bonds is 1. The number of amidine groups is 1. The van der Waals surface area contributed by atoms with Gasteiger partial charge in [-0.05, 0) is 5.41 Å². The number of hydrogen-bond donors (Lipinski definition) is 0. The van der Waals surface area contributed by atoms with Crippen molar-refractivity contribution in [2.45, 2.75) is 20.8 Å². The number of hydrogen-bond acceptors (Lipinski definition) is 3. The summed E-state index contributed by atoms with van der Waals surface area (Å²) in [7, 11) is 0. The van der Waals surface area contributed by atoms with Crippen molar-refractivity contribution in [3.63, 3.8) is 0 Å². The minimum absolute atomic E-state index is 0. The van der Waals surface area contributed by atoms with Crippen molar-refractivity contribution in [3.05, 3.63) is 60.8 Å². The van der Waals surface area contributed by atoms with Crippen LogP contribution < -0.4 is 4.90 Å². The first-order chi connectivity index (χ1) is 10.5. The largest absolute Gasteiger partial charge is 0.476 e. The maximum atomic E-state index is 4.84. The third-order valence-electron chi connectivity index (χ3n) is 3.87. The Hall–Kier alpha value is -1.64. The number of nitrogens with zero attached hydrogens (tertiary/aromatic N) is 3. The summed E-state index contributed by atoms with van der Waals surface area (Å²) in [6.07, 6.45) is 0. The zero-order valence-corrected chi connectivity index (χ0v) is 15.9. The van der Waals surface area contributed by atoms with E-state index < -0.39 is 0 Å². The maximum Gasteiger partial charge on any atom is 0.127 e. The molecule has 2 aliphatic heterocycles. The average Bonchev–Trinajstić information content (AvgIpc) is 2.89. The van der Waals surface area contributed by atoms with Gasteiger partial charge in [0.1, 0.15) is 5.84 Å². The van der Waals surface area contributed by atoms with Crippen LogP contribution in [0.4, 0.5) is 5.69 Å². The molecule has 2 aromatic rings. The first kappa shape index (κ1) is 16.2. The van der Waals surface area contributed by atoms with E-state index in [-0.39, 0.29) is 25.5 Å². The second kappa shape index (κ2) is 5.77. The van der Waals surface area contributed by atoms with Gasteiger partial charge >= 0.3 is 0 Å². The van der Waals surface area contributed by atoms with E-state index in [1.807, 2.05) is 17.1 Å². The van der Waals surface area contributed by atoms with Gasteiger partial charge in [0.05, 0.1) is 0 Å². The summed E-state index contributed by atoms with van der Waals surface area (Å²) in [6, 6.07) is 18.0. The fraction of sp³-hybridized carbons (Fsp3) is 0.263. The molecular weight excluding hydrogens is 462 g/mol. The minimum atomic E-state index is 0. The van der Waals surface area contributed by atoms with Crippen LogP contribution in [0.1, 0.15) is 26.3 Å². The molecule has 4 heteroatoms. The Bertz CT molecular complexity index is 761. The summed E-state index contributed by atoms with van der Waals surface area (Å²) in [4.78, 5) is 2.16. The number of fused-ring (bicyclic) bond motifs is 6. The van der Waals surface area contributed by atoms with Gasteiger partial charge in [-0.25, -0.2) is 0 Å². The van der Waals surface area contributed by atoms with Gasteiger partial charge < -0.3 is 9.91 Å². The van der Waals surface area contributed by atoms with Gasteiger partial charge in [0, 0.05) is 32.2 Å². The van der Waals surface area contributed by atoms with E-state index in [2.05, 4.69) is 68.7 Å². The van der Waals surface area contributed by atoms with Crippen molar-refractivity contribution in [1.82, 2.24) is 5.01 Å². The van der Waals surface area contributed by atoms with Crippen LogP contribution in [0.25, 0.3) is 11.1 Å². The number of hydrazone groups is 1. The van der Waals surface area contributed by atoms with Gasteiger partial charge in [-0.1, -0.05) is 56.3 Å². The number of para-hydroxylation sites is 1. The Morgan fingerprint density at radius 2 is 1.74 bits per heavy atom.